The van der Waals surface area contributed by atoms with Crippen LogP contribution in [-0.4, -0.2) is 25.0 Å². The number of halogens is 2. The lowest BCUT2D eigenvalue weighted by molar-refractivity contribution is -0.120. The van der Waals surface area contributed by atoms with Gasteiger partial charge >= 0.3 is 6.03 Å². The highest BCUT2D eigenvalue weighted by molar-refractivity contribution is 6.30. The fourth-order valence-electron chi connectivity index (χ4n) is 1.19. The van der Waals surface area contributed by atoms with Gasteiger partial charge in [0, 0.05) is 12.1 Å². The van der Waals surface area contributed by atoms with Crippen LogP contribution in [0.5, 0.6) is 0 Å². The summed E-state index contributed by atoms with van der Waals surface area (Å²) in [5.74, 6) is -1.10. The number of rotatable bonds is 3. The highest BCUT2D eigenvalue weighted by atomic mass is 35.5. The van der Waals surface area contributed by atoms with E-state index in [1.807, 2.05) is 0 Å². The third kappa shape index (κ3) is 3.89. The predicted molar refractivity (Wildman–Crippen MR) is 67.1 cm³/mol. The van der Waals surface area contributed by atoms with Crippen LogP contribution in [0.15, 0.2) is 18.2 Å². The Kier molecular flexibility index (Phi) is 4.91. The van der Waals surface area contributed by atoms with Gasteiger partial charge in [0.1, 0.15) is 11.9 Å². The minimum Gasteiger partial charge on any atom is -0.371 e. The second-order valence-electron chi connectivity index (χ2n) is 3.56. The van der Waals surface area contributed by atoms with Crippen LogP contribution >= 0.6 is 11.6 Å². The fourth-order valence-corrected chi connectivity index (χ4v) is 1.36. The van der Waals surface area contributed by atoms with Crippen LogP contribution in [0.4, 0.5) is 14.9 Å². The molecule has 0 aliphatic rings. The standard InChI is InChI=1S/C11H13ClFN3O2/c1-6(10(17)16-11(18)14-2)15-9-5-7(12)3-4-8(9)13/h3-6,15H,1-2H3,(H2,14,16,17,18). The fraction of sp³-hybridized carbons (Fsp3) is 0.273. The monoisotopic (exact) mass is 273 g/mol. The average molecular weight is 274 g/mol. The molecule has 3 amide bonds. The second kappa shape index (κ2) is 6.20. The number of hydrogen-bond acceptors (Lipinski definition) is 3. The van der Waals surface area contributed by atoms with Gasteiger partial charge in [-0.2, -0.15) is 0 Å². The molecule has 0 spiro atoms. The van der Waals surface area contributed by atoms with E-state index >= 15 is 0 Å². The van der Waals surface area contributed by atoms with E-state index in [1.54, 1.807) is 0 Å². The van der Waals surface area contributed by atoms with Gasteiger partial charge < -0.3 is 10.6 Å². The van der Waals surface area contributed by atoms with Crippen LogP contribution < -0.4 is 16.0 Å². The lowest BCUT2D eigenvalue weighted by atomic mass is 10.2. The molecule has 0 saturated carbocycles. The first-order chi connectivity index (χ1) is 8.43. The van der Waals surface area contributed by atoms with E-state index in [0.29, 0.717) is 5.02 Å². The van der Waals surface area contributed by atoms with E-state index in [-0.39, 0.29) is 5.69 Å². The Morgan fingerprint density at radius 1 is 1.39 bits per heavy atom. The first-order valence-electron chi connectivity index (χ1n) is 5.18. The summed E-state index contributed by atoms with van der Waals surface area (Å²) < 4.78 is 13.4. The maximum atomic E-state index is 13.4. The molecule has 1 unspecified atom stereocenters. The first-order valence-corrected chi connectivity index (χ1v) is 5.56. The Morgan fingerprint density at radius 3 is 2.67 bits per heavy atom. The van der Waals surface area contributed by atoms with Crippen molar-refractivity contribution in [1.29, 1.82) is 0 Å². The summed E-state index contributed by atoms with van der Waals surface area (Å²) in [6.45, 7) is 1.50. The molecule has 1 aromatic rings. The van der Waals surface area contributed by atoms with Crippen LogP contribution in [0.1, 0.15) is 6.92 Å². The van der Waals surface area contributed by atoms with Crippen molar-refractivity contribution in [1.82, 2.24) is 10.6 Å². The minimum absolute atomic E-state index is 0.0991. The second-order valence-corrected chi connectivity index (χ2v) is 4.00. The quantitative estimate of drug-likeness (QED) is 0.786. The van der Waals surface area contributed by atoms with Gasteiger partial charge in [-0.3, -0.25) is 10.1 Å². The maximum Gasteiger partial charge on any atom is 0.321 e. The van der Waals surface area contributed by atoms with E-state index in [9.17, 15) is 14.0 Å². The number of imide groups is 1. The van der Waals surface area contributed by atoms with Gasteiger partial charge in [0.15, 0.2) is 0 Å². The SMILES string of the molecule is CNC(=O)NC(=O)C(C)Nc1cc(Cl)ccc1F. The number of urea groups is 1. The molecule has 3 N–H and O–H groups in total. The van der Waals surface area contributed by atoms with Gasteiger partial charge in [-0.25, -0.2) is 9.18 Å². The Hall–Kier alpha value is -1.82. The molecule has 0 bridgehead atoms. The van der Waals surface area contributed by atoms with Crippen LogP contribution in [0.25, 0.3) is 0 Å². The molecule has 0 aliphatic heterocycles. The van der Waals surface area contributed by atoms with Crippen molar-refractivity contribution in [2.24, 2.45) is 0 Å². The zero-order valence-corrected chi connectivity index (χ0v) is 10.6. The van der Waals surface area contributed by atoms with Crippen molar-refractivity contribution in [3.05, 3.63) is 29.0 Å². The number of hydrogen-bond donors (Lipinski definition) is 3. The highest BCUT2D eigenvalue weighted by Gasteiger charge is 2.16. The first kappa shape index (κ1) is 14.2. The Morgan fingerprint density at radius 2 is 2.06 bits per heavy atom. The summed E-state index contributed by atoms with van der Waals surface area (Å²) in [7, 11) is 1.39. The Balaban J connectivity index is 2.69. The van der Waals surface area contributed by atoms with Crippen LogP contribution in [-0.2, 0) is 4.79 Å². The smallest absolute Gasteiger partial charge is 0.321 e. The lowest BCUT2D eigenvalue weighted by Crippen LogP contribution is -2.44. The van der Waals surface area contributed by atoms with Gasteiger partial charge in [0.2, 0.25) is 5.91 Å². The van der Waals surface area contributed by atoms with Crippen molar-refractivity contribution < 1.29 is 14.0 Å². The van der Waals surface area contributed by atoms with E-state index in [1.165, 1.54) is 32.2 Å². The summed E-state index contributed by atoms with van der Waals surface area (Å²) in [5, 5.41) is 7.29. The van der Waals surface area contributed by atoms with E-state index < -0.39 is 23.8 Å². The molecular weight excluding hydrogens is 261 g/mol. The van der Waals surface area contributed by atoms with Gasteiger partial charge in [-0.15, -0.1) is 0 Å². The molecule has 98 valence electrons. The van der Waals surface area contributed by atoms with Crippen LogP contribution in [0.3, 0.4) is 0 Å². The molecule has 0 radical (unpaired) electrons. The molecule has 18 heavy (non-hydrogen) atoms. The van der Waals surface area contributed by atoms with Crippen molar-refractivity contribution in [3.8, 4) is 0 Å². The third-order valence-corrected chi connectivity index (χ3v) is 2.39. The van der Waals surface area contributed by atoms with Crippen LogP contribution in [0.2, 0.25) is 5.02 Å². The number of benzene rings is 1. The molecule has 1 aromatic carbocycles. The zero-order chi connectivity index (χ0) is 13.7. The van der Waals surface area contributed by atoms with Gasteiger partial charge in [-0.05, 0) is 25.1 Å². The zero-order valence-electron chi connectivity index (χ0n) is 9.88. The Labute approximate surface area is 109 Å². The topological polar surface area (TPSA) is 70.2 Å². The summed E-state index contributed by atoms with van der Waals surface area (Å²) >= 11 is 5.72. The number of anilines is 1. The molecule has 1 rings (SSSR count). The summed E-state index contributed by atoms with van der Waals surface area (Å²) in [6.07, 6.45) is 0. The average Bonchev–Trinajstić information content (AvgIpc) is 2.33. The molecule has 5 nitrogen and oxygen atoms in total. The molecule has 7 heteroatoms. The van der Waals surface area contributed by atoms with Crippen molar-refractivity contribution in [2.75, 3.05) is 12.4 Å². The molecule has 0 fully saturated rings. The molecule has 0 aliphatic carbocycles. The summed E-state index contributed by atoms with van der Waals surface area (Å²) in [4.78, 5) is 22.5. The molecule has 0 aromatic heterocycles. The normalized spacial score (nSPS) is 11.6. The van der Waals surface area contributed by atoms with Crippen molar-refractivity contribution in [2.45, 2.75) is 13.0 Å². The number of amides is 3. The number of nitrogens with one attached hydrogen (secondary N) is 3. The lowest BCUT2D eigenvalue weighted by Gasteiger charge is -2.15. The Bertz CT molecular complexity index is 468. The van der Waals surface area contributed by atoms with E-state index in [2.05, 4.69) is 16.0 Å². The van der Waals surface area contributed by atoms with Gasteiger partial charge in [0.05, 0.1) is 5.69 Å². The molecule has 0 saturated heterocycles. The van der Waals surface area contributed by atoms with Crippen molar-refractivity contribution >= 4 is 29.2 Å². The van der Waals surface area contributed by atoms with Gasteiger partial charge in [-0.1, -0.05) is 11.6 Å². The predicted octanol–water partition coefficient (Wildman–Crippen LogP) is 1.74. The molecule has 0 heterocycles. The minimum atomic E-state index is -0.782. The molecule has 1 atom stereocenters. The largest absolute Gasteiger partial charge is 0.371 e. The van der Waals surface area contributed by atoms with Crippen molar-refractivity contribution in [3.63, 3.8) is 0 Å². The summed E-state index contributed by atoms with van der Waals surface area (Å²) in [6, 6.07) is 2.54. The van der Waals surface area contributed by atoms with Gasteiger partial charge in [0.25, 0.3) is 0 Å². The highest BCUT2D eigenvalue weighted by Crippen LogP contribution is 2.20. The number of carbonyl (C=O) groups is 2. The summed E-state index contributed by atoms with van der Waals surface area (Å²) in [5.41, 5.74) is 0.0991. The van der Waals surface area contributed by atoms with E-state index in [0.717, 1.165) is 0 Å². The maximum absolute atomic E-state index is 13.4. The van der Waals surface area contributed by atoms with Crippen LogP contribution in [0, 0.1) is 5.82 Å². The number of carbonyl (C=O) groups excluding carboxylic acids is 2. The van der Waals surface area contributed by atoms with E-state index in [4.69, 9.17) is 11.6 Å². The molecular formula is C11H13ClFN3O2. The third-order valence-electron chi connectivity index (χ3n) is 2.16.